The predicted octanol–water partition coefficient (Wildman–Crippen LogP) is 6.14. The maximum atomic E-state index is 10.8. The van der Waals surface area contributed by atoms with Crippen LogP contribution in [0, 0.1) is 0 Å². The van der Waals surface area contributed by atoms with Crippen molar-refractivity contribution >= 4 is 5.78 Å². The second kappa shape index (κ2) is 17.5. The van der Waals surface area contributed by atoms with E-state index in [0.717, 1.165) is 19.3 Å². The lowest BCUT2D eigenvalue weighted by atomic mass is 10.0. The van der Waals surface area contributed by atoms with Crippen LogP contribution in [0.15, 0.2) is 24.3 Å². The lowest BCUT2D eigenvalue weighted by molar-refractivity contribution is -0.118. The van der Waals surface area contributed by atoms with Crippen molar-refractivity contribution < 1.29 is 9.90 Å². The molecule has 0 saturated heterocycles. The molecule has 134 valence electrons. The Kier molecular flexibility index (Phi) is 16.8. The number of ketones is 1. The van der Waals surface area contributed by atoms with Crippen molar-refractivity contribution in [2.24, 2.45) is 0 Å². The first kappa shape index (κ1) is 22.1. The highest BCUT2D eigenvalue weighted by Crippen LogP contribution is 2.11. The molecule has 0 heterocycles. The van der Waals surface area contributed by atoms with E-state index >= 15 is 0 Å². The van der Waals surface area contributed by atoms with Crippen molar-refractivity contribution in [2.75, 3.05) is 0 Å². The third-order valence-corrected chi connectivity index (χ3v) is 4.01. The van der Waals surface area contributed by atoms with Gasteiger partial charge < -0.3 is 5.11 Å². The Hall–Kier alpha value is -0.890. The number of rotatable bonds is 16. The number of Topliss-reactive ketones (excluding diaryl/α,β-unsaturated/α-hetero) is 1. The maximum Gasteiger partial charge on any atom is 0.132 e. The van der Waals surface area contributed by atoms with Gasteiger partial charge in [0.2, 0.25) is 0 Å². The fourth-order valence-corrected chi connectivity index (χ4v) is 2.63. The average Bonchev–Trinajstić information content (AvgIpc) is 2.50. The Morgan fingerprint density at radius 1 is 0.870 bits per heavy atom. The number of carbonyl (C=O) groups is 1. The van der Waals surface area contributed by atoms with Crippen molar-refractivity contribution in [3.8, 4) is 0 Å². The third kappa shape index (κ3) is 19.1. The molecule has 0 aliphatic carbocycles. The molecule has 1 atom stereocenters. The Morgan fingerprint density at radius 2 is 1.43 bits per heavy atom. The number of hydrogen-bond acceptors (Lipinski definition) is 2. The van der Waals surface area contributed by atoms with Gasteiger partial charge in [0.05, 0.1) is 6.10 Å². The van der Waals surface area contributed by atoms with Gasteiger partial charge in [-0.15, -0.1) is 0 Å². The normalized spacial score (nSPS) is 13.2. The summed E-state index contributed by atoms with van der Waals surface area (Å²) in [6.45, 7) is 3.78. The van der Waals surface area contributed by atoms with Crippen LogP contribution in [-0.2, 0) is 4.79 Å². The van der Waals surface area contributed by atoms with Crippen LogP contribution in [0.3, 0.4) is 0 Å². The van der Waals surface area contributed by atoms with Crippen molar-refractivity contribution in [1.82, 2.24) is 0 Å². The third-order valence-electron chi connectivity index (χ3n) is 4.01. The van der Waals surface area contributed by atoms with Crippen LogP contribution in [0.4, 0.5) is 0 Å². The number of unbranched alkanes of at least 4 members (excludes halogenated alkanes) is 8. The van der Waals surface area contributed by atoms with Crippen molar-refractivity contribution in [3.63, 3.8) is 0 Å². The van der Waals surface area contributed by atoms with Crippen molar-refractivity contribution in [2.45, 2.75) is 103 Å². The number of hydrogen-bond donors (Lipinski definition) is 1. The second-order valence-electron chi connectivity index (χ2n) is 6.58. The maximum absolute atomic E-state index is 10.8. The summed E-state index contributed by atoms with van der Waals surface area (Å²) < 4.78 is 0. The molecule has 0 aliphatic rings. The quantitative estimate of drug-likeness (QED) is 0.274. The minimum Gasteiger partial charge on any atom is -0.393 e. The fourth-order valence-electron chi connectivity index (χ4n) is 2.63. The first-order valence-corrected chi connectivity index (χ1v) is 9.64. The molecule has 2 nitrogen and oxygen atoms in total. The molecule has 0 aromatic heterocycles. The highest BCUT2D eigenvalue weighted by atomic mass is 16.3. The topological polar surface area (TPSA) is 37.3 Å². The van der Waals surface area contributed by atoms with Gasteiger partial charge >= 0.3 is 0 Å². The number of allylic oxidation sites excluding steroid dienone is 4. The molecule has 0 rings (SSSR count). The van der Waals surface area contributed by atoms with Gasteiger partial charge in [-0.05, 0) is 45.4 Å². The van der Waals surface area contributed by atoms with Crippen molar-refractivity contribution in [1.29, 1.82) is 0 Å². The molecule has 1 N–H and O–H groups in total. The van der Waals surface area contributed by atoms with E-state index in [2.05, 4.69) is 31.2 Å². The van der Waals surface area contributed by atoms with E-state index in [1.165, 1.54) is 57.8 Å². The molecular formula is C21H38O2. The molecule has 0 amide bonds. The summed E-state index contributed by atoms with van der Waals surface area (Å²) in [6.07, 6.45) is 23.2. The van der Waals surface area contributed by atoms with Crippen LogP contribution >= 0.6 is 0 Å². The Morgan fingerprint density at radius 3 is 2.04 bits per heavy atom. The predicted molar refractivity (Wildman–Crippen MR) is 101 cm³/mol. The molecule has 0 spiro atoms. The van der Waals surface area contributed by atoms with E-state index in [1.807, 2.05) is 0 Å². The summed E-state index contributed by atoms with van der Waals surface area (Å²) in [7, 11) is 0. The SMILES string of the molecule is CCCCC/C=C\C/C=C\CCCCCCCC(O)CC(C)=O. The van der Waals surface area contributed by atoms with Crippen LogP contribution < -0.4 is 0 Å². The number of aliphatic hydroxyl groups excluding tert-OH is 1. The molecule has 2 heteroatoms. The van der Waals surface area contributed by atoms with E-state index in [0.29, 0.717) is 6.42 Å². The Balaban J connectivity index is 3.26. The van der Waals surface area contributed by atoms with Gasteiger partial charge in [0, 0.05) is 6.42 Å². The Labute approximate surface area is 144 Å². The molecule has 0 aromatic carbocycles. The summed E-state index contributed by atoms with van der Waals surface area (Å²) in [5, 5.41) is 9.59. The zero-order valence-corrected chi connectivity index (χ0v) is 15.4. The van der Waals surface area contributed by atoms with Gasteiger partial charge in [-0.2, -0.15) is 0 Å². The summed E-state index contributed by atoms with van der Waals surface area (Å²) in [6, 6.07) is 0. The highest BCUT2D eigenvalue weighted by molar-refractivity contribution is 5.75. The molecule has 0 bridgehead atoms. The molecule has 0 aliphatic heterocycles. The van der Waals surface area contributed by atoms with Gasteiger partial charge in [-0.1, -0.05) is 69.8 Å². The summed E-state index contributed by atoms with van der Waals surface area (Å²) in [4.78, 5) is 10.8. The summed E-state index contributed by atoms with van der Waals surface area (Å²) in [5.41, 5.74) is 0. The van der Waals surface area contributed by atoms with E-state index < -0.39 is 6.10 Å². The fraction of sp³-hybridized carbons (Fsp3) is 0.762. The lowest BCUT2D eigenvalue weighted by Crippen LogP contribution is -2.10. The van der Waals surface area contributed by atoms with E-state index in [1.54, 1.807) is 6.92 Å². The molecule has 1 unspecified atom stereocenters. The molecule has 23 heavy (non-hydrogen) atoms. The smallest absolute Gasteiger partial charge is 0.132 e. The molecule has 0 aromatic rings. The summed E-state index contributed by atoms with van der Waals surface area (Å²) >= 11 is 0. The zero-order chi connectivity index (χ0) is 17.2. The minimum absolute atomic E-state index is 0.0834. The first-order valence-electron chi connectivity index (χ1n) is 9.64. The second-order valence-corrected chi connectivity index (χ2v) is 6.58. The molecule has 0 fully saturated rings. The summed E-state index contributed by atoms with van der Waals surface area (Å²) in [5.74, 6) is 0.0834. The monoisotopic (exact) mass is 322 g/mol. The van der Waals surface area contributed by atoms with Crippen molar-refractivity contribution in [3.05, 3.63) is 24.3 Å². The first-order chi connectivity index (χ1) is 11.2. The molecule has 0 radical (unpaired) electrons. The zero-order valence-electron chi connectivity index (χ0n) is 15.4. The van der Waals surface area contributed by atoms with Crippen LogP contribution in [0.2, 0.25) is 0 Å². The van der Waals surface area contributed by atoms with Gasteiger partial charge in [0.15, 0.2) is 0 Å². The van der Waals surface area contributed by atoms with Crippen LogP contribution in [0.5, 0.6) is 0 Å². The Bertz CT molecular complexity index is 318. The highest BCUT2D eigenvalue weighted by Gasteiger charge is 2.06. The molecular weight excluding hydrogens is 284 g/mol. The van der Waals surface area contributed by atoms with Gasteiger partial charge in [0.25, 0.3) is 0 Å². The van der Waals surface area contributed by atoms with Crippen LogP contribution in [0.25, 0.3) is 0 Å². The van der Waals surface area contributed by atoms with E-state index in [4.69, 9.17) is 0 Å². The van der Waals surface area contributed by atoms with E-state index in [9.17, 15) is 9.90 Å². The lowest BCUT2D eigenvalue weighted by Gasteiger charge is -2.07. The van der Waals surface area contributed by atoms with Gasteiger partial charge in [0.1, 0.15) is 5.78 Å². The number of carbonyl (C=O) groups excluding carboxylic acids is 1. The average molecular weight is 323 g/mol. The van der Waals surface area contributed by atoms with Gasteiger partial charge in [-0.25, -0.2) is 0 Å². The standard InChI is InChI=1S/C21H38O2/c1-3-4-5-6-7-8-9-10-11-12-13-14-15-16-17-18-21(23)19-20(2)22/h7-8,10-11,21,23H,3-6,9,12-19H2,1-2H3/b8-7-,11-10-. The van der Waals surface area contributed by atoms with Crippen LogP contribution in [-0.4, -0.2) is 17.0 Å². The minimum atomic E-state index is -0.425. The van der Waals surface area contributed by atoms with Crippen LogP contribution in [0.1, 0.15) is 97.3 Å². The largest absolute Gasteiger partial charge is 0.393 e. The van der Waals surface area contributed by atoms with E-state index in [-0.39, 0.29) is 5.78 Å². The molecule has 0 saturated carbocycles. The van der Waals surface area contributed by atoms with Gasteiger partial charge in [-0.3, -0.25) is 4.79 Å². The number of aliphatic hydroxyl groups is 1.